The van der Waals surface area contributed by atoms with Crippen molar-refractivity contribution in [1.29, 1.82) is 0 Å². The number of benzene rings is 6. The van der Waals surface area contributed by atoms with E-state index in [0.29, 0.717) is 0 Å². The van der Waals surface area contributed by atoms with E-state index in [1.54, 1.807) is 0 Å². The topological polar surface area (TPSA) is 0 Å². The van der Waals surface area contributed by atoms with E-state index in [9.17, 15) is 0 Å². The largest absolute Gasteiger partial charge is 1.00 e. The standard InChI is InChI=1S/C15H10.2C15H9.C3H9P.2Au/c3*1-2-11-7-8-15-13(9-11)10-12-5-3-4-6-14(12)15;1-4(2)3;;/h1,3-9H,10H2;2*3-9H,10H2;1-3H3;;/q;2*-1;;2*+1/p+1. The molecule has 0 amide bonds. The summed E-state index contributed by atoms with van der Waals surface area (Å²) in [5.41, 5.74) is 18.8. The van der Waals surface area contributed by atoms with Crippen LogP contribution in [-0.4, -0.2) is 20.0 Å². The Morgan fingerprint density at radius 2 is 0.706 bits per heavy atom. The number of hydrogen-bond acceptors (Lipinski definition) is 0. The molecule has 6 aromatic rings. The third kappa shape index (κ3) is 9.23. The molecule has 0 fully saturated rings. The van der Waals surface area contributed by atoms with Crippen molar-refractivity contribution in [3.8, 4) is 57.6 Å². The zero-order valence-electron chi connectivity index (χ0n) is 28.9. The molecule has 51 heavy (non-hydrogen) atoms. The Kier molecular flexibility index (Phi) is 14.3. The van der Waals surface area contributed by atoms with Gasteiger partial charge >= 0.3 is 44.8 Å². The molecule has 0 bridgehead atoms. The van der Waals surface area contributed by atoms with Gasteiger partial charge in [0.2, 0.25) is 0 Å². The number of terminal acetylenes is 1. The molecule has 0 spiro atoms. The van der Waals surface area contributed by atoms with Crippen LogP contribution in [-0.2, 0) is 64.0 Å². The van der Waals surface area contributed by atoms with Gasteiger partial charge in [0.25, 0.3) is 0 Å². The van der Waals surface area contributed by atoms with Crippen LogP contribution in [0.3, 0.4) is 0 Å². The average molecular weight is 1040 g/mol. The number of hydrogen-bond donors (Lipinski definition) is 0. The summed E-state index contributed by atoms with van der Waals surface area (Å²) in [6, 6.07) is 44.0. The first-order chi connectivity index (χ1) is 23.9. The van der Waals surface area contributed by atoms with Crippen molar-refractivity contribution in [3.63, 3.8) is 0 Å². The molecule has 0 saturated heterocycles. The summed E-state index contributed by atoms with van der Waals surface area (Å²) in [6.45, 7) is 6.81. The summed E-state index contributed by atoms with van der Waals surface area (Å²) in [7, 11) is 0.120. The van der Waals surface area contributed by atoms with Crippen molar-refractivity contribution in [3.05, 3.63) is 190 Å². The van der Waals surface area contributed by atoms with Gasteiger partial charge in [0.15, 0.2) is 0 Å². The monoisotopic (exact) mass is 1040 g/mol. The van der Waals surface area contributed by atoms with E-state index in [2.05, 4.69) is 147 Å². The fourth-order valence-corrected chi connectivity index (χ4v) is 6.68. The van der Waals surface area contributed by atoms with E-state index in [1.165, 1.54) is 66.8 Å². The molecule has 3 aliphatic carbocycles. The van der Waals surface area contributed by atoms with Crippen molar-refractivity contribution >= 4 is 7.92 Å². The van der Waals surface area contributed by atoms with Crippen LogP contribution in [0.15, 0.2) is 127 Å². The SMILES string of the molecule is C#Cc1ccc2c(c1)Cc1ccccc1-2.C[PH+](C)C.[Au+].[Au+].[C-]#Cc1ccc2c(c1)Cc1ccccc1-2.[C-]#Cc1ccc2c(c1)Cc1ccccc1-2. The molecule has 3 heteroatoms. The van der Waals surface area contributed by atoms with Gasteiger partial charge in [-0.3, -0.25) is 11.8 Å². The number of fused-ring (bicyclic) bond motifs is 9. The maximum absolute atomic E-state index is 7.12. The van der Waals surface area contributed by atoms with Gasteiger partial charge in [0, 0.05) is 25.6 Å². The third-order valence-corrected chi connectivity index (χ3v) is 8.84. The van der Waals surface area contributed by atoms with Crippen LogP contribution in [0.25, 0.3) is 33.4 Å². The minimum absolute atomic E-state index is 0. The molecule has 0 atom stereocenters. The van der Waals surface area contributed by atoms with Crippen molar-refractivity contribution in [2.45, 2.75) is 19.3 Å². The molecule has 0 unspecified atom stereocenters. The van der Waals surface area contributed by atoms with Crippen LogP contribution < -0.4 is 0 Å². The third-order valence-electron chi connectivity index (χ3n) is 8.84. The first-order valence-corrected chi connectivity index (χ1v) is 19.6. The molecule has 0 saturated carbocycles. The smallest absolute Gasteiger partial charge is 0.366 e. The van der Waals surface area contributed by atoms with Gasteiger partial charge in [0.05, 0.1) is 0 Å². The molecular formula is C48H38Au2P+. The molecule has 0 aromatic heterocycles. The predicted octanol–water partition coefficient (Wildman–Crippen LogP) is 10.7. The van der Waals surface area contributed by atoms with Crippen LogP contribution in [0.1, 0.15) is 50.1 Å². The van der Waals surface area contributed by atoms with Crippen LogP contribution in [0.4, 0.5) is 0 Å². The number of rotatable bonds is 0. The molecule has 6 aromatic carbocycles. The van der Waals surface area contributed by atoms with E-state index < -0.39 is 0 Å². The fourth-order valence-electron chi connectivity index (χ4n) is 6.68. The Hall–Kier alpha value is -4.09. The Balaban J connectivity index is 0.000000160. The van der Waals surface area contributed by atoms with Crippen LogP contribution in [0, 0.1) is 37.0 Å². The predicted molar refractivity (Wildman–Crippen MR) is 211 cm³/mol. The quantitative estimate of drug-likeness (QED) is 0.0615. The molecule has 0 heterocycles. The fraction of sp³-hybridized carbons (Fsp3) is 0.125. The van der Waals surface area contributed by atoms with Gasteiger partial charge in [-0.2, -0.15) is 0 Å². The van der Waals surface area contributed by atoms with Gasteiger partial charge in [-0.1, -0.05) is 108 Å². The first-order valence-electron chi connectivity index (χ1n) is 16.6. The second kappa shape index (κ2) is 18.4. The van der Waals surface area contributed by atoms with E-state index in [1.807, 2.05) is 18.2 Å². The minimum Gasteiger partial charge on any atom is -0.366 e. The van der Waals surface area contributed by atoms with Crippen molar-refractivity contribution < 1.29 is 44.8 Å². The summed E-state index contributed by atoms with van der Waals surface area (Å²) >= 11 is 0. The van der Waals surface area contributed by atoms with E-state index in [0.717, 1.165) is 36.0 Å². The molecule has 0 N–H and O–H groups in total. The Morgan fingerprint density at radius 3 is 1.02 bits per heavy atom. The molecule has 9 rings (SSSR count). The van der Waals surface area contributed by atoms with E-state index >= 15 is 0 Å². The Labute approximate surface area is 337 Å². The first kappa shape index (κ1) is 39.7. The molecule has 0 radical (unpaired) electrons. The summed E-state index contributed by atoms with van der Waals surface area (Å²) in [5.74, 6) is 7.55. The Bertz CT molecular complexity index is 2030. The summed E-state index contributed by atoms with van der Waals surface area (Å²) in [5, 5.41) is 0. The summed E-state index contributed by atoms with van der Waals surface area (Å²) in [4.78, 5) is 0. The van der Waals surface area contributed by atoms with Crippen LogP contribution in [0.2, 0.25) is 0 Å². The summed E-state index contributed by atoms with van der Waals surface area (Å²) in [6.07, 6.45) is 22.6. The molecule has 0 aliphatic heterocycles. The van der Waals surface area contributed by atoms with Gasteiger partial charge in [0.1, 0.15) is 0 Å². The molecule has 256 valence electrons. The average Bonchev–Trinajstić information content (AvgIpc) is 3.81. The second-order valence-corrected chi connectivity index (χ2v) is 16.0. The normalized spacial score (nSPS) is 11.0. The minimum atomic E-state index is 0. The van der Waals surface area contributed by atoms with Crippen LogP contribution in [0.5, 0.6) is 0 Å². The second-order valence-electron chi connectivity index (χ2n) is 13.0. The van der Waals surface area contributed by atoms with Crippen molar-refractivity contribution in [2.24, 2.45) is 0 Å². The zero-order valence-corrected chi connectivity index (χ0v) is 34.3. The van der Waals surface area contributed by atoms with Gasteiger partial charge in [-0.15, -0.1) is 41.8 Å². The van der Waals surface area contributed by atoms with Gasteiger partial charge < -0.3 is 12.8 Å². The maximum Gasteiger partial charge on any atom is 1.00 e. The molecule has 0 nitrogen and oxygen atoms in total. The summed E-state index contributed by atoms with van der Waals surface area (Å²) < 4.78 is 0. The van der Waals surface area contributed by atoms with Gasteiger partial charge in [-0.05, 0) is 95.0 Å². The molecule has 3 aliphatic rings. The van der Waals surface area contributed by atoms with E-state index in [4.69, 9.17) is 19.3 Å². The van der Waals surface area contributed by atoms with Crippen molar-refractivity contribution in [1.82, 2.24) is 0 Å². The maximum atomic E-state index is 7.12. The van der Waals surface area contributed by atoms with Gasteiger partial charge in [-0.25, -0.2) is 0 Å². The molecular weight excluding hydrogens is 1000 g/mol. The van der Waals surface area contributed by atoms with Crippen LogP contribution >= 0.6 is 7.92 Å². The zero-order chi connectivity index (χ0) is 34.3. The van der Waals surface area contributed by atoms with Crippen molar-refractivity contribution in [2.75, 3.05) is 20.0 Å². The van der Waals surface area contributed by atoms with E-state index in [-0.39, 0.29) is 52.7 Å². The Morgan fingerprint density at radius 1 is 0.431 bits per heavy atom.